The number of aromatic hydroxyl groups is 1. The molecule has 1 aliphatic carbocycles. The molecule has 0 fully saturated rings. The maximum atomic E-state index is 12.2. The van der Waals surface area contributed by atoms with E-state index < -0.39 is 6.09 Å². The fourth-order valence-corrected chi connectivity index (χ4v) is 2.92. The van der Waals surface area contributed by atoms with E-state index in [2.05, 4.69) is 20.7 Å². The van der Waals surface area contributed by atoms with Crippen molar-refractivity contribution in [2.24, 2.45) is 0 Å². The monoisotopic (exact) mass is 341 g/mol. The zero-order valence-corrected chi connectivity index (χ0v) is 13.7. The number of hydrogen-bond acceptors (Lipinski definition) is 4. The topological polar surface area (TPSA) is 99.7 Å². The number of carbonyl (C=O) groups excluding carboxylic acids is 2. The molecule has 1 unspecified atom stereocenters. The van der Waals surface area contributed by atoms with E-state index in [1.165, 1.54) is 7.11 Å². The van der Waals surface area contributed by atoms with Gasteiger partial charge in [0.2, 0.25) is 0 Å². The molecule has 3 amide bonds. The molecule has 0 bridgehead atoms. The van der Waals surface area contributed by atoms with Crippen molar-refractivity contribution < 1.29 is 19.4 Å². The molecule has 2 aromatic carbocycles. The lowest BCUT2D eigenvalue weighted by atomic mass is 10.1. The van der Waals surface area contributed by atoms with Gasteiger partial charge in [-0.3, -0.25) is 5.32 Å². The van der Waals surface area contributed by atoms with E-state index in [0.717, 1.165) is 24.0 Å². The number of methoxy groups -OCH3 is 1. The third-order valence-corrected chi connectivity index (χ3v) is 4.13. The predicted molar refractivity (Wildman–Crippen MR) is 93.8 cm³/mol. The molecule has 0 aromatic heterocycles. The third kappa shape index (κ3) is 3.82. The van der Waals surface area contributed by atoms with Crippen LogP contribution in [0.2, 0.25) is 0 Å². The summed E-state index contributed by atoms with van der Waals surface area (Å²) in [7, 11) is 1.29. The average molecular weight is 341 g/mol. The highest BCUT2D eigenvalue weighted by Gasteiger charge is 2.25. The van der Waals surface area contributed by atoms with Gasteiger partial charge >= 0.3 is 12.1 Å². The lowest BCUT2D eigenvalue weighted by molar-refractivity contribution is 0.187. The van der Waals surface area contributed by atoms with Crippen LogP contribution < -0.4 is 16.0 Å². The fraction of sp³-hybridized carbons (Fsp3) is 0.222. The van der Waals surface area contributed by atoms with E-state index in [4.69, 9.17) is 0 Å². The van der Waals surface area contributed by atoms with Gasteiger partial charge in [-0.1, -0.05) is 12.1 Å². The molecule has 25 heavy (non-hydrogen) atoms. The number of anilines is 2. The molecule has 7 heteroatoms. The first-order valence-corrected chi connectivity index (χ1v) is 7.90. The van der Waals surface area contributed by atoms with Crippen molar-refractivity contribution >= 4 is 23.5 Å². The molecule has 1 atom stereocenters. The van der Waals surface area contributed by atoms with Crippen LogP contribution in [0.4, 0.5) is 21.0 Å². The number of phenolic OH excluding ortho intramolecular Hbond substituents is 1. The minimum atomic E-state index is -0.554. The number of phenols is 1. The van der Waals surface area contributed by atoms with Gasteiger partial charge in [-0.2, -0.15) is 0 Å². The number of ether oxygens (including phenoxy) is 1. The van der Waals surface area contributed by atoms with Crippen LogP contribution in [0, 0.1) is 0 Å². The predicted octanol–water partition coefficient (Wildman–Crippen LogP) is 3.38. The molecule has 4 N–H and O–H groups in total. The summed E-state index contributed by atoms with van der Waals surface area (Å²) in [4.78, 5) is 23.3. The number of fused-ring (bicyclic) bond motifs is 1. The lowest BCUT2D eigenvalue weighted by Crippen LogP contribution is -2.31. The Labute approximate surface area is 145 Å². The molecule has 0 saturated carbocycles. The van der Waals surface area contributed by atoms with E-state index >= 15 is 0 Å². The second-order valence-electron chi connectivity index (χ2n) is 5.73. The average Bonchev–Trinajstić information content (AvgIpc) is 3.01. The van der Waals surface area contributed by atoms with E-state index in [0.29, 0.717) is 11.4 Å². The first-order chi connectivity index (χ1) is 12.1. The van der Waals surface area contributed by atoms with Crippen molar-refractivity contribution in [2.75, 3.05) is 17.7 Å². The Bertz CT molecular complexity index is 789. The second kappa shape index (κ2) is 7.12. The molecule has 0 saturated heterocycles. The minimum absolute atomic E-state index is 0.123. The molecule has 3 rings (SSSR count). The van der Waals surface area contributed by atoms with Gasteiger partial charge in [-0.15, -0.1) is 0 Å². The van der Waals surface area contributed by atoms with Crippen LogP contribution in [0.5, 0.6) is 5.75 Å². The van der Waals surface area contributed by atoms with Crippen LogP contribution in [0.25, 0.3) is 0 Å². The quantitative estimate of drug-likeness (QED) is 0.687. The van der Waals surface area contributed by atoms with Crippen LogP contribution in [-0.4, -0.2) is 24.3 Å². The second-order valence-corrected chi connectivity index (χ2v) is 5.73. The van der Waals surface area contributed by atoms with Crippen LogP contribution in [0.1, 0.15) is 23.6 Å². The van der Waals surface area contributed by atoms with Crippen molar-refractivity contribution in [1.82, 2.24) is 5.32 Å². The molecular formula is C18H19N3O4. The van der Waals surface area contributed by atoms with Gasteiger partial charge in [0, 0.05) is 11.4 Å². The van der Waals surface area contributed by atoms with Gasteiger partial charge in [-0.25, -0.2) is 9.59 Å². The third-order valence-electron chi connectivity index (χ3n) is 4.13. The Morgan fingerprint density at radius 2 is 1.76 bits per heavy atom. The van der Waals surface area contributed by atoms with Crippen LogP contribution in [0.15, 0.2) is 42.5 Å². The van der Waals surface area contributed by atoms with E-state index in [1.807, 2.05) is 6.07 Å². The van der Waals surface area contributed by atoms with Gasteiger partial charge < -0.3 is 20.5 Å². The molecule has 0 heterocycles. The summed E-state index contributed by atoms with van der Waals surface area (Å²) in [6, 6.07) is 11.6. The Morgan fingerprint density at radius 1 is 1.08 bits per heavy atom. The smallest absolute Gasteiger partial charge is 0.411 e. The Morgan fingerprint density at radius 3 is 2.44 bits per heavy atom. The van der Waals surface area contributed by atoms with Gasteiger partial charge in [0.05, 0.1) is 13.2 Å². The van der Waals surface area contributed by atoms with Gasteiger partial charge in [0.25, 0.3) is 0 Å². The normalized spacial score (nSPS) is 15.2. The highest BCUT2D eigenvalue weighted by Crippen LogP contribution is 2.36. The number of rotatable bonds is 3. The summed E-state index contributed by atoms with van der Waals surface area (Å²) in [6.07, 6.45) is 0.935. The first-order valence-electron chi connectivity index (χ1n) is 7.90. The van der Waals surface area contributed by atoms with E-state index in [1.54, 1.807) is 36.4 Å². The number of urea groups is 1. The molecule has 0 spiro atoms. The molecule has 7 nitrogen and oxygen atoms in total. The lowest BCUT2D eigenvalue weighted by Gasteiger charge is -2.15. The van der Waals surface area contributed by atoms with Crippen LogP contribution >= 0.6 is 0 Å². The number of amides is 3. The fourth-order valence-electron chi connectivity index (χ4n) is 2.92. The summed E-state index contributed by atoms with van der Waals surface area (Å²) in [5.74, 6) is 0.274. The van der Waals surface area contributed by atoms with Gasteiger partial charge in [0.1, 0.15) is 5.75 Å². The summed E-state index contributed by atoms with van der Waals surface area (Å²) in [5.41, 5.74) is 3.01. The molecule has 130 valence electrons. The van der Waals surface area contributed by atoms with Crippen molar-refractivity contribution in [3.8, 4) is 5.75 Å². The van der Waals surface area contributed by atoms with Crippen molar-refractivity contribution in [2.45, 2.75) is 18.9 Å². The molecule has 0 radical (unpaired) electrons. The number of benzene rings is 2. The van der Waals surface area contributed by atoms with Gasteiger partial charge in [0.15, 0.2) is 0 Å². The summed E-state index contributed by atoms with van der Waals surface area (Å²) in [5, 5.41) is 18.1. The first kappa shape index (κ1) is 16.6. The number of carbonyl (C=O) groups is 2. The van der Waals surface area contributed by atoms with Crippen molar-refractivity contribution in [3.63, 3.8) is 0 Å². The van der Waals surface area contributed by atoms with Crippen LogP contribution in [-0.2, 0) is 11.2 Å². The van der Waals surface area contributed by atoms with Gasteiger partial charge in [-0.05, 0) is 54.3 Å². The summed E-state index contributed by atoms with van der Waals surface area (Å²) >= 11 is 0. The maximum Gasteiger partial charge on any atom is 0.411 e. The SMILES string of the molecule is COC(=O)Nc1ccc(NC(=O)NC2CCc3c(O)cccc32)cc1. The van der Waals surface area contributed by atoms with E-state index in [-0.39, 0.29) is 17.8 Å². The zero-order chi connectivity index (χ0) is 17.8. The molecule has 0 aliphatic heterocycles. The number of nitrogens with one attached hydrogen (secondary N) is 3. The Hall–Kier alpha value is -3.22. The molecule has 2 aromatic rings. The van der Waals surface area contributed by atoms with E-state index in [9.17, 15) is 14.7 Å². The van der Waals surface area contributed by atoms with Crippen LogP contribution in [0.3, 0.4) is 0 Å². The highest BCUT2D eigenvalue weighted by atomic mass is 16.5. The maximum absolute atomic E-state index is 12.2. The summed E-state index contributed by atoms with van der Waals surface area (Å²) < 4.78 is 4.51. The largest absolute Gasteiger partial charge is 0.508 e. The molecule has 1 aliphatic rings. The molecular weight excluding hydrogens is 322 g/mol. The standard InChI is InChI=1S/C18H19N3O4/c1-25-18(24)20-12-7-5-11(6-8-12)19-17(23)21-15-10-9-14-13(15)3-2-4-16(14)22/h2-8,15,22H,9-10H2,1H3,(H,20,24)(H2,19,21,23). The number of hydrogen-bond donors (Lipinski definition) is 4. The highest BCUT2D eigenvalue weighted by molar-refractivity contribution is 5.90. The Balaban J connectivity index is 1.59. The minimum Gasteiger partial charge on any atom is -0.508 e. The summed E-state index contributed by atoms with van der Waals surface area (Å²) in [6.45, 7) is 0. The zero-order valence-electron chi connectivity index (χ0n) is 13.7. The van der Waals surface area contributed by atoms with Crippen molar-refractivity contribution in [1.29, 1.82) is 0 Å². The van der Waals surface area contributed by atoms with Crippen molar-refractivity contribution in [3.05, 3.63) is 53.6 Å². The Kier molecular flexibility index (Phi) is 4.74.